The molecule has 1 saturated heterocycles. The molecule has 0 radical (unpaired) electrons. The minimum absolute atomic E-state index is 0.323. The lowest BCUT2D eigenvalue weighted by Crippen LogP contribution is -2.34. The molecule has 0 N–H and O–H groups in total. The van der Waals surface area contributed by atoms with Crippen molar-refractivity contribution in [2.45, 2.75) is 37.5 Å². The van der Waals surface area contributed by atoms with Crippen LogP contribution in [-0.2, 0) is 12.6 Å². The number of fused-ring (bicyclic) bond motifs is 6. The number of aromatic nitrogens is 2. The van der Waals surface area contributed by atoms with E-state index in [1.54, 1.807) is 0 Å². The number of benzene rings is 1. The first-order chi connectivity index (χ1) is 12.8. The monoisotopic (exact) mass is 391 g/mol. The minimum atomic E-state index is -4.44. The third kappa shape index (κ3) is 2.50. The zero-order valence-electron chi connectivity index (χ0n) is 14.6. The van der Waals surface area contributed by atoms with Gasteiger partial charge in [0.15, 0.2) is 0 Å². The number of hydrogen-bond donors (Lipinski definition) is 0. The van der Waals surface area contributed by atoms with E-state index in [0.29, 0.717) is 22.8 Å². The van der Waals surface area contributed by atoms with Crippen LogP contribution in [0.3, 0.4) is 0 Å². The van der Waals surface area contributed by atoms with E-state index >= 15 is 0 Å². The van der Waals surface area contributed by atoms with Gasteiger partial charge in [-0.2, -0.15) is 13.2 Å². The van der Waals surface area contributed by atoms with Crippen LogP contribution in [0.2, 0.25) is 5.02 Å². The van der Waals surface area contributed by atoms with Crippen molar-refractivity contribution in [3.63, 3.8) is 0 Å². The van der Waals surface area contributed by atoms with E-state index in [1.165, 1.54) is 23.5 Å². The summed E-state index contributed by atoms with van der Waals surface area (Å²) in [6, 6.07) is 9.08. The molecule has 2 atom stereocenters. The highest BCUT2D eigenvalue weighted by molar-refractivity contribution is 6.31. The Morgan fingerprint density at radius 1 is 1.15 bits per heavy atom. The van der Waals surface area contributed by atoms with E-state index in [9.17, 15) is 13.2 Å². The molecule has 140 valence electrons. The number of pyridine rings is 1. The molecular formula is C20H17ClF3N3. The Labute approximate surface area is 159 Å². The molecule has 0 amide bonds. The van der Waals surface area contributed by atoms with Crippen molar-refractivity contribution < 1.29 is 13.2 Å². The molecule has 3 aromatic rings. The maximum absolute atomic E-state index is 12.9. The zero-order valence-corrected chi connectivity index (χ0v) is 15.3. The molecule has 0 saturated carbocycles. The van der Waals surface area contributed by atoms with Crippen molar-refractivity contribution in [1.82, 2.24) is 14.5 Å². The number of nitrogens with zero attached hydrogens (tertiary/aromatic N) is 3. The van der Waals surface area contributed by atoms with Crippen molar-refractivity contribution in [3.05, 3.63) is 58.5 Å². The molecule has 2 aliphatic heterocycles. The topological polar surface area (TPSA) is 21.1 Å². The van der Waals surface area contributed by atoms with Crippen molar-refractivity contribution in [2.75, 3.05) is 7.05 Å². The fourth-order valence-electron chi connectivity index (χ4n) is 4.72. The second kappa shape index (κ2) is 5.72. The molecule has 2 aromatic heterocycles. The highest BCUT2D eigenvalue weighted by Gasteiger charge is 2.41. The number of likely N-dealkylation sites (N-methyl/N-ethyl adjacent to an activating group) is 1. The van der Waals surface area contributed by atoms with Crippen LogP contribution in [0.4, 0.5) is 13.2 Å². The van der Waals surface area contributed by atoms with Gasteiger partial charge in [-0.1, -0.05) is 11.6 Å². The van der Waals surface area contributed by atoms with Crippen LogP contribution in [0, 0.1) is 0 Å². The summed E-state index contributed by atoms with van der Waals surface area (Å²) < 4.78 is 40.8. The minimum Gasteiger partial charge on any atom is -0.312 e. The van der Waals surface area contributed by atoms with E-state index in [4.69, 9.17) is 11.6 Å². The van der Waals surface area contributed by atoms with Crippen LogP contribution in [-0.4, -0.2) is 27.5 Å². The van der Waals surface area contributed by atoms with E-state index < -0.39 is 11.9 Å². The highest BCUT2D eigenvalue weighted by atomic mass is 35.5. The summed E-state index contributed by atoms with van der Waals surface area (Å²) in [4.78, 5) is 6.08. The molecule has 2 aliphatic rings. The largest absolute Gasteiger partial charge is 0.433 e. The number of halogens is 4. The number of alkyl halides is 3. The Hall–Kier alpha value is -2.05. The number of rotatable bonds is 1. The second-order valence-corrected chi connectivity index (χ2v) is 7.81. The molecule has 2 bridgehead atoms. The molecule has 2 unspecified atom stereocenters. The Kier molecular flexibility index (Phi) is 3.62. The Morgan fingerprint density at radius 3 is 2.67 bits per heavy atom. The van der Waals surface area contributed by atoms with Gasteiger partial charge in [0.2, 0.25) is 0 Å². The van der Waals surface area contributed by atoms with E-state index in [1.807, 2.05) is 18.2 Å². The van der Waals surface area contributed by atoms with Crippen molar-refractivity contribution in [2.24, 2.45) is 0 Å². The lowest BCUT2D eigenvalue weighted by atomic mass is 9.97. The van der Waals surface area contributed by atoms with Crippen molar-refractivity contribution in [3.8, 4) is 5.69 Å². The van der Waals surface area contributed by atoms with E-state index in [-0.39, 0.29) is 0 Å². The summed E-state index contributed by atoms with van der Waals surface area (Å²) in [6.07, 6.45) is -0.0344. The van der Waals surface area contributed by atoms with Crippen LogP contribution >= 0.6 is 11.6 Å². The Morgan fingerprint density at radius 2 is 1.96 bits per heavy atom. The first-order valence-electron chi connectivity index (χ1n) is 8.93. The maximum Gasteiger partial charge on any atom is 0.433 e. The molecular weight excluding hydrogens is 375 g/mol. The van der Waals surface area contributed by atoms with Gasteiger partial charge < -0.3 is 4.57 Å². The van der Waals surface area contributed by atoms with Crippen molar-refractivity contribution >= 4 is 22.5 Å². The van der Waals surface area contributed by atoms with E-state index in [2.05, 4.69) is 21.5 Å². The molecule has 1 aromatic carbocycles. The average Bonchev–Trinajstić information content (AvgIpc) is 3.04. The van der Waals surface area contributed by atoms with Crippen LogP contribution in [0.5, 0.6) is 0 Å². The van der Waals surface area contributed by atoms with Crippen molar-refractivity contribution in [1.29, 1.82) is 0 Å². The molecule has 27 heavy (non-hydrogen) atoms. The third-order valence-electron chi connectivity index (χ3n) is 5.97. The number of hydrogen-bond acceptors (Lipinski definition) is 2. The SMILES string of the molecule is CN1C2CCC1c1c(n(-c3ccc(C(F)(F)F)nc3)c3ccc(Cl)cc13)C2. The molecule has 3 nitrogen and oxygen atoms in total. The highest BCUT2D eigenvalue weighted by Crippen LogP contribution is 2.48. The Balaban J connectivity index is 1.75. The Bertz CT molecular complexity index is 1040. The van der Waals surface area contributed by atoms with Crippen LogP contribution in [0.15, 0.2) is 36.5 Å². The van der Waals surface area contributed by atoms with Gasteiger partial charge in [0.1, 0.15) is 5.69 Å². The molecule has 7 heteroatoms. The lowest BCUT2D eigenvalue weighted by Gasteiger charge is -2.32. The molecule has 1 fully saturated rings. The second-order valence-electron chi connectivity index (χ2n) is 7.37. The van der Waals surface area contributed by atoms with Gasteiger partial charge in [-0.05, 0) is 55.8 Å². The first kappa shape index (κ1) is 17.1. The first-order valence-corrected chi connectivity index (χ1v) is 9.30. The molecule has 5 rings (SSSR count). The van der Waals surface area contributed by atoms with Gasteiger partial charge in [-0.15, -0.1) is 0 Å². The predicted molar refractivity (Wildman–Crippen MR) is 98.3 cm³/mol. The van der Waals surface area contributed by atoms with Gasteiger partial charge in [-0.3, -0.25) is 4.90 Å². The summed E-state index contributed by atoms with van der Waals surface area (Å²) in [5.74, 6) is 0. The smallest absolute Gasteiger partial charge is 0.312 e. The summed E-state index contributed by atoms with van der Waals surface area (Å²) in [6.45, 7) is 0. The van der Waals surface area contributed by atoms with Gasteiger partial charge >= 0.3 is 6.18 Å². The maximum atomic E-state index is 12.9. The van der Waals surface area contributed by atoms with Crippen LogP contribution in [0.1, 0.15) is 35.8 Å². The molecule has 0 aliphatic carbocycles. The molecule has 0 spiro atoms. The van der Waals surface area contributed by atoms with Gasteiger partial charge in [-0.25, -0.2) is 4.98 Å². The van der Waals surface area contributed by atoms with Gasteiger partial charge in [0.25, 0.3) is 0 Å². The summed E-state index contributed by atoms with van der Waals surface area (Å²) >= 11 is 6.26. The fourth-order valence-corrected chi connectivity index (χ4v) is 4.90. The summed E-state index contributed by atoms with van der Waals surface area (Å²) in [5, 5.41) is 1.74. The van der Waals surface area contributed by atoms with Gasteiger partial charge in [0, 0.05) is 34.6 Å². The van der Waals surface area contributed by atoms with Crippen LogP contribution < -0.4 is 0 Å². The van der Waals surface area contributed by atoms with Crippen LogP contribution in [0.25, 0.3) is 16.6 Å². The summed E-state index contributed by atoms with van der Waals surface area (Å²) in [5.41, 5.74) is 3.16. The van der Waals surface area contributed by atoms with E-state index in [0.717, 1.165) is 36.2 Å². The van der Waals surface area contributed by atoms with Gasteiger partial charge in [0.05, 0.1) is 17.4 Å². The quantitative estimate of drug-likeness (QED) is 0.554. The zero-order chi connectivity index (χ0) is 18.9. The fraction of sp³-hybridized carbons (Fsp3) is 0.350. The molecule has 4 heterocycles. The normalized spacial score (nSPS) is 22.4. The standard InChI is InChI=1S/C20H17ClF3N3/c1-26-12-3-6-16(26)19-14-8-11(21)2-5-15(14)27(17(19)9-12)13-4-7-18(25-10-13)20(22,23)24/h2,4-5,7-8,10,12,16H,3,6,9H2,1H3. The third-order valence-corrected chi connectivity index (χ3v) is 6.21. The summed E-state index contributed by atoms with van der Waals surface area (Å²) in [7, 11) is 2.15. The lowest BCUT2D eigenvalue weighted by molar-refractivity contribution is -0.141. The predicted octanol–water partition coefficient (Wildman–Crippen LogP) is 5.39. The average molecular weight is 392 g/mol.